The molecule has 0 aliphatic heterocycles. The number of nitrogens with two attached hydrogens (primary N) is 1. The number of carboxylic acids is 1. The van der Waals surface area contributed by atoms with E-state index in [1.807, 2.05) is 0 Å². The molecule has 3 N–H and O–H groups in total. The molecule has 0 amide bonds. The summed E-state index contributed by atoms with van der Waals surface area (Å²) in [6.45, 7) is 0. The molecule has 1 unspecified atom stereocenters. The van der Waals surface area contributed by atoms with Gasteiger partial charge in [0.05, 0.1) is 11.6 Å². The highest BCUT2D eigenvalue weighted by molar-refractivity contribution is 5.79. The van der Waals surface area contributed by atoms with E-state index in [0.717, 1.165) is 19.3 Å². The molecular formula is C12H14FNO2. The van der Waals surface area contributed by atoms with Gasteiger partial charge in [0, 0.05) is 0 Å². The van der Waals surface area contributed by atoms with Crippen molar-refractivity contribution in [3.63, 3.8) is 0 Å². The Hall–Kier alpha value is -1.58. The number of carboxylic acid groups (broad SMARTS) is 1. The second-order valence-electron chi connectivity index (χ2n) is 4.25. The summed E-state index contributed by atoms with van der Waals surface area (Å²) in [7, 11) is 0. The van der Waals surface area contributed by atoms with Gasteiger partial charge in [-0.2, -0.15) is 0 Å². The summed E-state index contributed by atoms with van der Waals surface area (Å²) in [4.78, 5) is 11.2. The average molecular weight is 223 g/mol. The van der Waals surface area contributed by atoms with Crippen LogP contribution in [0.5, 0.6) is 0 Å². The third-order valence-electron chi connectivity index (χ3n) is 3.31. The van der Waals surface area contributed by atoms with Crippen LogP contribution in [0.15, 0.2) is 18.2 Å². The summed E-state index contributed by atoms with van der Waals surface area (Å²) < 4.78 is 13.3. The van der Waals surface area contributed by atoms with Crippen LogP contribution in [0.2, 0.25) is 0 Å². The van der Waals surface area contributed by atoms with Crippen molar-refractivity contribution in [2.75, 3.05) is 5.73 Å². The summed E-state index contributed by atoms with van der Waals surface area (Å²) in [5.41, 5.74) is 5.99. The first kappa shape index (κ1) is 10.9. The third-order valence-corrected chi connectivity index (χ3v) is 3.31. The van der Waals surface area contributed by atoms with E-state index >= 15 is 0 Å². The smallest absolute Gasteiger partial charge is 0.311 e. The van der Waals surface area contributed by atoms with Gasteiger partial charge < -0.3 is 10.8 Å². The molecule has 0 aromatic heterocycles. The van der Waals surface area contributed by atoms with Gasteiger partial charge in [0.2, 0.25) is 0 Å². The molecule has 1 aliphatic rings. The fourth-order valence-corrected chi connectivity index (χ4v) is 2.19. The monoisotopic (exact) mass is 223 g/mol. The Kier molecular flexibility index (Phi) is 2.81. The number of para-hydroxylation sites is 1. The minimum Gasteiger partial charge on any atom is -0.481 e. The van der Waals surface area contributed by atoms with Crippen molar-refractivity contribution in [3.8, 4) is 0 Å². The van der Waals surface area contributed by atoms with E-state index in [0.29, 0.717) is 5.56 Å². The normalized spacial score (nSPS) is 17.8. The van der Waals surface area contributed by atoms with Crippen molar-refractivity contribution >= 4 is 11.7 Å². The maximum atomic E-state index is 13.3. The highest BCUT2D eigenvalue weighted by atomic mass is 19.1. The van der Waals surface area contributed by atoms with Gasteiger partial charge in [-0.3, -0.25) is 4.79 Å². The molecule has 4 heteroatoms. The van der Waals surface area contributed by atoms with E-state index in [1.54, 1.807) is 6.07 Å². The molecule has 2 rings (SSSR count). The quantitative estimate of drug-likeness (QED) is 0.773. The second-order valence-corrected chi connectivity index (χ2v) is 4.25. The van der Waals surface area contributed by atoms with Crippen molar-refractivity contribution in [3.05, 3.63) is 29.6 Å². The summed E-state index contributed by atoms with van der Waals surface area (Å²) in [5.74, 6) is -2.02. The zero-order chi connectivity index (χ0) is 11.7. The van der Waals surface area contributed by atoms with Crippen LogP contribution in [0.4, 0.5) is 10.1 Å². The van der Waals surface area contributed by atoms with Crippen molar-refractivity contribution in [2.45, 2.75) is 25.2 Å². The minimum absolute atomic E-state index is 0.0261. The number of halogens is 1. The Morgan fingerprint density at radius 3 is 2.69 bits per heavy atom. The number of rotatable bonds is 3. The van der Waals surface area contributed by atoms with Gasteiger partial charge in [-0.1, -0.05) is 18.6 Å². The van der Waals surface area contributed by atoms with Gasteiger partial charge in [0.1, 0.15) is 5.82 Å². The molecule has 16 heavy (non-hydrogen) atoms. The fraction of sp³-hybridized carbons (Fsp3) is 0.417. The Morgan fingerprint density at radius 1 is 1.50 bits per heavy atom. The largest absolute Gasteiger partial charge is 0.481 e. The van der Waals surface area contributed by atoms with Crippen LogP contribution in [0, 0.1) is 11.7 Å². The van der Waals surface area contributed by atoms with Gasteiger partial charge in [-0.15, -0.1) is 0 Å². The molecular weight excluding hydrogens is 209 g/mol. The molecule has 0 heterocycles. The van der Waals surface area contributed by atoms with E-state index in [4.69, 9.17) is 5.73 Å². The molecule has 0 saturated heterocycles. The minimum atomic E-state index is -0.915. The zero-order valence-corrected chi connectivity index (χ0v) is 8.82. The topological polar surface area (TPSA) is 63.3 Å². The lowest BCUT2D eigenvalue weighted by Crippen LogP contribution is -2.27. The summed E-state index contributed by atoms with van der Waals surface area (Å²) in [5, 5.41) is 9.20. The van der Waals surface area contributed by atoms with Gasteiger partial charge >= 0.3 is 5.97 Å². The van der Waals surface area contributed by atoms with Crippen LogP contribution in [0.1, 0.15) is 30.7 Å². The number of hydrogen-bond acceptors (Lipinski definition) is 2. The molecule has 1 saturated carbocycles. The first-order chi connectivity index (χ1) is 7.61. The molecule has 0 spiro atoms. The highest BCUT2D eigenvalue weighted by Gasteiger charge is 2.35. The van der Waals surface area contributed by atoms with Crippen molar-refractivity contribution in [1.29, 1.82) is 0 Å². The van der Waals surface area contributed by atoms with Gasteiger partial charge in [0.15, 0.2) is 0 Å². The molecule has 0 radical (unpaired) electrons. The molecule has 1 fully saturated rings. The van der Waals surface area contributed by atoms with E-state index in [2.05, 4.69) is 0 Å². The van der Waals surface area contributed by atoms with E-state index < -0.39 is 17.7 Å². The van der Waals surface area contributed by atoms with Crippen molar-refractivity contribution in [2.24, 2.45) is 5.92 Å². The summed E-state index contributed by atoms with van der Waals surface area (Å²) in [6.07, 6.45) is 2.81. The Morgan fingerprint density at radius 2 is 2.19 bits per heavy atom. The molecule has 1 aliphatic carbocycles. The second kappa shape index (κ2) is 4.12. The van der Waals surface area contributed by atoms with Crippen LogP contribution >= 0.6 is 0 Å². The Balaban J connectivity index is 2.38. The van der Waals surface area contributed by atoms with Crippen LogP contribution in [-0.2, 0) is 4.79 Å². The van der Waals surface area contributed by atoms with Crippen LogP contribution < -0.4 is 5.73 Å². The van der Waals surface area contributed by atoms with Gasteiger partial charge in [-0.05, 0) is 30.4 Å². The van der Waals surface area contributed by atoms with Crippen LogP contribution in [0.3, 0.4) is 0 Å². The summed E-state index contributed by atoms with van der Waals surface area (Å²) >= 11 is 0. The van der Waals surface area contributed by atoms with Crippen LogP contribution in [0.25, 0.3) is 0 Å². The molecule has 1 aromatic carbocycles. The number of benzene rings is 1. The predicted molar refractivity (Wildman–Crippen MR) is 58.5 cm³/mol. The summed E-state index contributed by atoms with van der Waals surface area (Å²) in [6, 6.07) is 4.36. The first-order valence-corrected chi connectivity index (χ1v) is 5.38. The lowest BCUT2D eigenvalue weighted by atomic mass is 9.72. The number of hydrogen-bond donors (Lipinski definition) is 2. The van der Waals surface area contributed by atoms with Gasteiger partial charge in [-0.25, -0.2) is 4.39 Å². The molecule has 86 valence electrons. The number of nitrogen functional groups attached to an aromatic ring is 1. The lowest BCUT2D eigenvalue weighted by molar-refractivity contribution is -0.141. The zero-order valence-electron chi connectivity index (χ0n) is 8.82. The highest BCUT2D eigenvalue weighted by Crippen LogP contribution is 2.41. The maximum absolute atomic E-state index is 13.3. The number of carbonyl (C=O) groups is 1. The van der Waals surface area contributed by atoms with E-state index in [-0.39, 0.29) is 11.6 Å². The SMILES string of the molecule is Nc1c(F)cccc1C(C(=O)O)C1CCC1. The molecule has 3 nitrogen and oxygen atoms in total. The van der Waals surface area contributed by atoms with Gasteiger partial charge in [0.25, 0.3) is 0 Å². The first-order valence-electron chi connectivity index (χ1n) is 5.38. The third kappa shape index (κ3) is 1.75. The predicted octanol–water partition coefficient (Wildman–Crippen LogP) is 2.38. The molecule has 1 atom stereocenters. The number of aliphatic carboxylic acids is 1. The Labute approximate surface area is 93.1 Å². The van der Waals surface area contributed by atoms with Crippen LogP contribution in [-0.4, -0.2) is 11.1 Å². The molecule has 0 bridgehead atoms. The standard InChI is InChI=1S/C12H14FNO2/c13-9-6-2-5-8(11(9)14)10(12(15)16)7-3-1-4-7/h2,5-7,10H,1,3-4,14H2,(H,15,16). The van der Waals surface area contributed by atoms with Crippen molar-refractivity contribution < 1.29 is 14.3 Å². The lowest BCUT2D eigenvalue weighted by Gasteiger charge is -2.31. The van der Waals surface area contributed by atoms with E-state index in [1.165, 1.54) is 12.1 Å². The molecule has 1 aromatic rings. The van der Waals surface area contributed by atoms with E-state index in [9.17, 15) is 14.3 Å². The van der Waals surface area contributed by atoms with Crippen molar-refractivity contribution in [1.82, 2.24) is 0 Å². The fourth-order valence-electron chi connectivity index (χ4n) is 2.19. The Bertz CT molecular complexity index is 415. The number of anilines is 1. The average Bonchev–Trinajstić information content (AvgIpc) is 2.16. The maximum Gasteiger partial charge on any atom is 0.311 e.